The first-order valence-electron chi connectivity index (χ1n) is 6.67. The highest BCUT2D eigenvalue weighted by atomic mass is 79.9. The minimum absolute atomic E-state index is 0.170. The largest absolute Gasteiger partial charge is 0.322 e. The fourth-order valence-electron chi connectivity index (χ4n) is 1.99. The lowest BCUT2D eigenvalue weighted by Crippen LogP contribution is -2.12. The Morgan fingerprint density at radius 2 is 2.00 bits per heavy atom. The normalized spacial score (nSPS) is 10.5. The Bertz CT molecular complexity index is 834. The molecule has 0 saturated carbocycles. The van der Waals surface area contributed by atoms with Crippen LogP contribution >= 0.6 is 27.7 Å². The summed E-state index contributed by atoms with van der Waals surface area (Å²) in [4.78, 5) is 12.3. The number of anilines is 1. The van der Waals surface area contributed by atoms with Gasteiger partial charge in [0.25, 0.3) is 5.91 Å². The molecular formula is C15H12BrN5OS. The van der Waals surface area contributed by atoms with Gasteiger partial charge < -0.3 is 5.32 Å². The Balaban J connectivity index is 1.83. The van der Waals surface area contributed by atoms with Crippen LogP contribution in [-0.2, 0) is 0 Å². The zero-order valence-electron chi connectivity index (χ0n) is 12.1. The van der Waals surface area contributed by atoms with E-state index in [9.17, 15) is 4.79 Å². The summed E-state index contributed by atoms with van der Waals surface area (Å²) < 4.78 is 2.55. The topological polar surface area (TPSA) is 72.7 Å². The van der Waals surface area contributed by atoms with Gasteiger partial charge in [-0.05, 0) is 59.1 Å². The van der Waals surface area contributed by atoms with E-state index in [0.29, 0.717) is 16.4 Å². The zero-order chi connectivity index (χ0) is 16.2. The first-order chi connectivity index (χ1) is 11.2. The van der Waals surface area contributed by atoms with Crippen LogP contribution in [0.25, 0.3) is 5.69 Å². The highest BCUT2D eigenvalue weighted by Gasteiger charge is 2.09. The summed E-state index contributed by atoms with van der Waals surface area (Å²) in [6, 6.07) is 14.6. The molecule has 1 aromatic heterocycles. The smallest absolute Gasteiger partial charge is 0.255 e. The number of tetrazole rings is 1. The van der Waals surface area contributed by atoms with Crippen molar-refractivity contribution in [1.82, 2.24) is 20.2 Å². The third kappa shape index (κ3) is 3.59. The van der Waals surface area contributed by atoms with E-state index in [1.54, 1.807) is 16.8 Å². The minimum Gasteiger partial charge on any atom is -0.322 e. The van der Waals surface area contributed by atoms with E-state index in [1.165, 1.54) is 11.8 Å². The zero-order valence-corrected chi connectivity index (χ0v) is 14.5. The molecule has 23 heavy (non-hydrogen) atoms. The molecule has 1 amide bonds. The number of hydrogen-bond donors (Lipinski definition) is 1. The van der Waals surface area contributed by atoms with Crippen LogP contribution < -0.4 is 5.32 Å². The number of aromatic nitrogens is 4. The number of halogens is 1. The van der Waals surface area contributed by atoms with E-state index in [4.69, 9.17) is 0 Å². The van der Waals surface area contributed by atoms with Crippen molar-refractivity contribution in [3.8, 4) is 5.69 Å². The van der Waals surface area contributed by atoms with Crippen LogP contribution in [-0.4, -0.2) is 32.4 Å². The second kappa shape index (κ2) is 6.93. The van der Waals surface area contributed by atoms with E-state index >= 15 is 0 Å². The van der Waals surface area contributed by atoms with Crippen molar-refractivity contribution in [1.29, 1.82) is 0 Å². The number of amides is 1. The van der Waals surface area contributed by atoms with Gasteiger partial charge in [0.2, 0.25) is 5.16 Å². The molecule has 0 aliphatic carbocycles. The molecule has 1 N–H and O–H groups in total. The van der Waals surface area contributed by atoms with E-state index in [1.807, 2.05) is 42.7 Å². The van der Waals surface area contributed by atoms with Gasteiger partial charge in [0.15, 0.2) is 0 Å². The number of rotatable bonds is 4. The maximum absolute atomic E-state index is 12.3. The summed E-state index contributed by atoms with van der Waals surface area (Å²) in [5, 5.41) is 15.1. The van der Waals surface area contributed by atoms with E-state index in [0.717, 1.165) is 10.2 Å². The van der Waals surface area contributed by atoms with Gasteiger partial charge in [0, 0.05) is 15.7 Å². The second-order valence-electron chi connectivity index (χ2n) is 4.59. The Morgan fingerprint density at radius 1 is 1.22 bits per heavy atom. The predicted molar refractivity (Wildman–Crippen MR) is 93.0 cm³/mol. The maximum Gasteiger partial charge on any atom is 0.255 e. The van der Waals surface area contributed by atoms with Gasteiger partial charge in [-0.2, -0.15) is 4.68 Å². The van der Waals surface area contributed by atoms with Gasteiger partial charge in [-0.1, -0.05) is 33.8 Å². The molecule has 0 radical (unpaired) electrons. The SMILES string of the molecule is CSc1nnnn1-c1cccc(NC(=O)c2ccc(Br)cc2)c1. The Labute approximate surface area is 145 Å². The van der Waals surface area contributed by atoms with Gasteiger partial charge in [-0.15, -0.1) is 5.10 Å². The number of carbonyl (C=O) groups excluding carboxylic acids is 1. The highest BCUT2D eigenvalue weighted by molar-refractivity contribution is 9.10. The fourth-order valence-corrected chi connectivity index (χ4v) is 2.69. The molecule has 0 atom stereocenters. The molecule has 116 valence electrons. The van der Waals surface area contributed by atoms with Crippen LogP contribution in [0.15, 0.2) is 58.2 Å². The molecule has 0 aliphatic rings. The molecule has 0 bridgehead atoms. The van der Waals surface area contributed by atoms with Crippen LogP contribution in [0.5, 0.6) is 0 Å². The van der Waals surface area contributed by atoms with Gasteiger partial charge in [0.1, 0.15) is 0 Å². The average Bonchev–Trinajstić information content (AvgIpc) is 3.04. The second-order valence-corrected chi connectivity index (χ2v) is 6.28. The molecule has 0 aliphatic heterocycles. The molecular weight excluding hydrogens is 378 g/mol. The van der Waals surface area contributed by atoms with E-state index in [2.05, 4.69) is 36.8 Å². The first kappa shape index (κ1) is 15.7. The number of thioether (sulfide) groups is 1. The molecule has 0 unspecified atom stereocenters. The molecule has 1 heterocycles. The van der Waals surface area contributed by atoms with Gasteiger partial charge in [-0.25, -0.2) is 0 Å². The highest BCUT2D eigenvalue weighted by Crippen LogP contribution is 2.19. The van der Waals surface area contributed by atoms with E-state index < -0.39 is 0 Å². The standard InChI is InChI=1S/C15H12BrN5OS/c1-23-15-18-19-20-21(15)13-4-2-3-12(9-13)17-14(22)10-5-7-11(16)8-6-10/h2-9H,1H3,(H,17,22). The van der Waals surface area contributed by atoms with Crippen LogP contribution in [0, 0.1) is 0 Å². The predicted octanol–water partition coefficient (Wildman–Crippen LogP) is 3.40. The van der Waals surface area contributed by atoms with Crippen LogP contribution in [0.3, 0.4) is 0 Å². The van der Waals surface area contributed by atoms with Crippen molar-refractivity contribution >= 4 is 39.3 Å². The van der Waals surface area contributed by atoms with Crippen molar-refractivity contribution < 1.29 is 4.79 Å². The lowest BCUT2D eigenvalue weighted by molar-refractivity contribution is 0.102. The third-order valence-electron chi connectivity index (χ3n) is 3.08. The van der Waals surface area contributed by atoms with Crippen molar-refractivity contribution in [2.45, 2.75) is 5.16 Å². The van der Waals surface area contributed by atoms with Gasteiger partial charge in [-0.3, -0.25) is 4.79 Å². The van der Waals surface area contributed by atoms with E-state index in [-0.39, 0.29) is 5.91 Å². The molecule has 8 heteroatoms. The average molecular weight is 390 g/mol. The fraction of sp³-hybridized carbons (Fsp3) is 0.0667. The lowest BCUT2D eigenvalue weighted by atomic mass is 10.2. The number of benzene rings is 2. The Morgan fingerprint density at radius 3 is 2.74 bits per heavy atom. The number of hydrogen-bond acceptors (Lipinski definition) is 5. The van der Waals surface area contributed by atoms with Crippen LogP contribution in [0.2, 0.25) is 0 Å². The molecule has 0 saturated heterocycles. The first-order valence-corrected chi connectivity index (χ1v) is 8.69. The summed E-state index contributed by atoms with van der Waals surface area (Å²) in [6.07, 6.45) is 1.90. The number of nitrogens with one attached hydrogen (secondary N) is 1. The Hall–Kier alpha value is -2.19. The number of nitrogens with zero attached hydrogens (tertiary/aromatic N) is 4. The summed E-state index contributed by atoms with van der Waals surface area (Å²) in [5.74, 6) is -0.170. The van der Waals surface area contributed by atoms with Crippen LogP contribution in [0.4, 0.5) is 5.69 Å². The third-order valence-corrected chi connectivity index (χ3v) is 4.23. The molecule has 0 fully saturated rings. The van der Waals surface area contributed by atoms with Crippen molar-refractivity contribution in [3.05, 3.63) is 58.6 Å². The summed E-state index contributed by atoms with van der Waals surface area (Å²) in [6.45, 7) is 0. The maximum atomic E-state index is 12.3. The molecule has 3 rings (SSSR count). The monoisotopic (exact) mass is 389 g/mol. The molecule has 3 aromatic rings. The quantitative estimate of drug-likeness (QED) is 0.692. The van der Waals surface area contributed by atoms with Crippen molar-refractivity contribution in [2.75, 3.05) is 11.6 Å². The molecule has 2 aromatic carbocycles. The summed E-state index contributed by atoms with van der Waals surface area (Å²) in [5.41, 5.74) is 2.05. The molecule has 6 nitrogen and oxygen atoms in total. The van der Waals surface area contributed by atoms with Crippen LogP contribution in [0.1, 0.15) is 10.4 Å². The Kier molecular flexibility index (Phi) is 4.73. The molecule has 0 spiro atoms. The van der Waals surface area contributed by atoms with Gasteiger partial charge in [0.05, 0.1) is 5.69 Å². The number of carbonyl (C=O) groups is 1. The lowest BCUT2D eigenvalue weighted by Gasteiger charge is -2.08. The summed E-state index contributed by atoms with van der Waals surface area (Å²) in [7, 11) is 0. The van der Waals surface area contributed by atoms with Crippen molar-refractivity contribution in [2.24, 2.45) is 0 Å². The summed E-state index contributed by atoms with van der Waals surface area (Å²) >= 11 is 4.80. The minimum atomic E-state index is -0.170. The van der Waals surface area contributed by atoms with Crippen molar-refractivity contribution in [3.63, 3.8) is 0 Å². The van der Waals surface area contributed by atoms with Gasteiger partial charge >= 0.3 is 0 Å².